The number of halogens is 1. The van der Waals surface area contributed by atoms with E-state index in [1.54, 1.807) is 22.6 Å². The maximum absolute atomic E-state index is 12.1. The summed E-state index contributed by atoms with van der Waals surface area (Å²) in [6.07, 6.45) is 0. The van der Waals surface area contributed by atoms with Crippen LogP contribution in [0.2, 0.25) is 5.15 Å². The summed E-state index contributed by atoms with van der Waals surface area (Å²) in [5.74, 6) is 0.266. The van der Waals surface area contributed by atoms with Crippen LogP contribution >= 0.6 is 11.6 Å². The topological polar surface area (TPSA) is 71.3 Å². The SMILES string of the molecule is Cc1cc(C)cc(NC(=O)Nc2nnc3cccc(Cl)n23)c1. The fraction of sp³-hybridized carbons (Fsp3) is 0.133. The zero-order valence-corrected chi connectivity index (χ0v) is 12.8. The van der Waals surface area contributed by atoms with E-state index >= 15 is 0 Å². The number of aromatic nitrogens is 3. The Balaban J connectivity index is 1.81. The molecule has 0 atom stereocenters. The van der Waals surface area contributed by atoms with Crippen molar-refractivity contribution in [3.8, 4) is 0 Å². The van der Waals surface area contributed by atoms with Gasteiger partial charge < -0.3 is 5.32 Å². The molecule has 0 aliphatic carbocycles. The molecule has 0 aliphatic heterocycles. The third-order valence-electron chi connectivity index (χ3n) is 3.09. The molecule has 0 unspecified atom stereocenters. The van der Waals surface area contributed by atoms with Crippen molar-refractivity contribution >= 4 is 34.9 Å². The molecule has 2 amide bonds. The first-order chi connectivity index (χ1) is 10.5. The van der Waals surface area contributed by atoms with Gasteiger partial charge >= 0.3 is 6.03 Å². The van der Waals surface area contributed by atoms with Crippen molar-refractivity contribution < 1.29 is 4.79 Å². The molecule has 0 radical (unpaired) electrons. The summed E-state index contributed by atoms with van der Waals surface area (Å²) < 4.78 is 1.56. The van der Waals surface area contributed by atoms with E-state index in [2.05, 4.69) is 20.8 Å². The number of benzene rings is 1. The molecule has 0 saturated carbocycles. The van der Waals surface area contributed by atoms with Crippen molar-refractivity contribution in [1.82, 2.24) is 14.6 Å². The fourth-order valence-electron chi connectivity index (χ4n) is 2.29. The Kier molecular flexibility index (Phi) is 3.68. The van der Waals surface area contributed by atoms with Gasteiger partial charge in [-0.3, -0.25) is 9.72 Å². The number of carbonyl (C=O) groups is 1. The van der Waals surface area contributed by atoms with Crippen LogP contribution in [0.1, 0.15) is 11.1 Å². The number of hydrogen-bond acceptors (Lipinski definition) is 3. The molecule has 2 N–H and O–H groups in total. The lowest BCUT2D eigenvalue weighted by molar-refractivity contribution is 0.262. The Morgan fingerprint density at radius 1 is 1.09 bits per heavy atom. The van der Waals surface area contributed by atoms with E-state index in [1.165, 1.54) is 0 Å². The normalized spacial score (nSPS) is 10.7. The Hall–Kier alpha value is -2.60. The highest BCUT2D eigenvalue weighted by Gasteiger charge is 2.11. The zero-order chi connectivity index (χ0) is 15.7. The summed E-state index contributed by atoms with van der Waals surface area (Å²) in [5.41, 5.74) is 3.43. The average molecular weight is 316 g/mol. The van der Waals surface area contributed by atoms with Crippen LogP contribution in [0.5, 0.6) is 0 Å². The van der Waals surface area contributed by atoms with Crippen molar-refractivity contribution in [3.63, 3.8) is 0 Å². The second-order valence-corrected chi connectivity index (χ2v) is 5.41. The molecule has 2 aromatic heterocycles. The first kappa shape index (κ1) is 14.3. The number of rotatable bonds is 2. The highest BCUT2D eigenvalue weighted by molar-refractivity contribution is 6.30. The van der Waals surface area contributed by atoms with Gasteiger partial charge in [-0.1, -0.05) is 23.7 Å². The van der Waals surface area contributed by atoms with Crippen molar-refractivity contribution in [2.75, 3.05) is 10.6 Å². The van der Waals surface area contributed by atoms with E-state index in [1.807, 2.05) is 32.0 Å². The molecule has 3 rings (SSSR count). The standard InChI is InChI=1S/C15H14ClN5O/c1-9-6-10(2)8-11(7-9)17-15(22)18-14-20-19-13-5-3-4-12(16)21(13)14/h3-8H,1-2H3,(H2,17,18,20,22). The number of urea groups is 1. The molecule has 0 aliphatic rings. The predicted molar refractivity (Wildman–Crippen MR) is 86.6 cm³/mol. The van der Waals surface area contributed by atoms with Crippen LogP contribution in [0.25, 0.3) is 5.65 Å². The molecular weight excluding hydrogens is 302 g/mol. The minimum absolute atomic E-state index is 0.266. The molecule has 112 valence electrons. The van der Waals surface area contributed by atoms with Gasteiger partial charge in [0.1, 0.15) is 5.15 Å². The van der Waals surface area contributed by atoms with Gasteiger partial charge in [0.05, 0.1) is 0 Å². The van der Waals surface area contributed by atoms with E-state index < -0.39 is 6.03 Å². The number of anilines is 2. The minimum Gasteiger partial charge on any atom is -0.308 e. The predicted octanol–water partition coefficient (Wildman–Crippen LogP) is 3.64. The van der Waals surface area contributed by atoms with Crippen molar-refractivity contribution in [2.45, 2.75) is 13.8 Å². The number of nitrogens with one attached hydrogen (secondary N) is 2. The lowest BCUT2D eigenvalue weighted by atomic mass is 10.1. The summed E-state index contributed by atoms with van der Waals surface area (Å²) >= 11 is 6.10. The zero-order valence-electron chi connectivity index (χ0n) is 12.1. The van der Waals surface area contributed by atoms with Gasteiger partial charge in [0, 0.05) is 5.69 Å². The molecule has 0 bridgehead atoms. The number of fused-ring (bicyclic) bond motifs is 1. The van der Waals surface area contributed by atoms with E-state index in [0.717, 1.165) is 16.8 Å². The quantitative estimate of drug-likeness (QED) is 0.709. The van der Waals surface area contributed by atoms with Gasteiger partial charge in [-0.05, 0) is 49.2 Å². The molecular formula is C15H14ClN5O. The van der Waals surface area contributed by atoms with Crippen molar-refractivity contribution in [2.24, 2.45) is 0 Å². The molecule has 0 fully saturated rings. The largest absolute Gasteiger partial charge is 0.326 e. The fourth-order valence-corrected chi connectivity index (χ4v) is 2.53. The number of aryl methyl sites for hydroxylation is 2. The minimum atomic E-state index is -0.404. The van der Waals surface area contributed by atoms with Gasteiger partial charge in [-0.15, -0.1) is 10.2 Å². The van der Waals surface area contributed by atoms with E-state index in [9.17, 15) is 4.79 Å². The van der Waals surface area contributed by atoms with Crippen LogP contribution in [-0.4, -0.2) is 20.6 Å². The number of pyridine rings is 1. The van der Waals surface area contributed by atoms with Gasteiger partial charge in [0.15, 0.2) is 5.65 Å². The molecule has 7 heteroatoms. The summed E-state index contributed by atoms with van der Waals surface area (Å²) in [5, 5.41) is 13.7. The number of carbonyl (C=O) groups excluding carboxylic acids is 1. The summed E-state index contributed by atoms with van der Waals surface area (Å²) in [4.78, 5) is 12.1. The van der Waals surface area contributed by atoms with Crippen LogP contribution in [0.4, 0.5) is 16.4 Å². The number of amides is 2. The maximum Gasteiger partial charge on any atom is 0.326 e. The first-order valence-corrected chi connectivity index (χ1v) is 7.07. The molecule has 22 heavy (non-hydrogen) atoms. The molecule has 6 nitrogen and oxygen atoms in total. The van der Waals surface area contributed by atoms with Crippen LogP contribution in [0.3, 0.4) is 0 Å². The van der Waals surface area contributed by atoms with E-state index in [0.29, 0.717) is 10.8 Å². The molecule has 0 saturated heterocycles. The second-order valence-electron chi connectivity index (χ2n) is 5.02. The molecule has 0 spiro atoms. The van der Waals surface area contributed by atoms with Crippen molar-refractivity contribution in [1.29, 1.82) is 0 Å². The Labute approximate surface area is 132 Å². The maximum atomic E-state index is 12.1. The Morgan fingerprint density at radius 2 is 1.82 bits per heavy atom. The molecule has 2 heterocycles. The Morgan fingerprint density at radius 3 is 2.55 bits per heavy atom. The van der Waals surface area contributed by atoms with Gasteiger partial charge in [-0.25, -0.2) is 4.79 Å². The van der Waals surface area contributed by atoms with Gasteiger partial charge in [0.25, 0.3) is 0 Å². The third kappa shape index (κ3) is 2.87. The Bertz CT molecular complexity index is 838. The highest BCUT2D eigenvalue weighted by atomic mass is 35.5. The molecule has 1 aromatic carbocycles. The van der Waals surface area contributed by atoms with Gasteiger partial charge in [-0.2, -0.15) is 0 Å². The average Bonchev–Trinajstić information content (AvgIpc) is 2.82. The summed E-state index contributed by atoms with van der Waals surface area (Å²) in [7, 11) is 0. The van der Waals surface area contributed by atoms with Crippen LogP contribution in [0, 0.1) is 13.8 Å². The summed E-state index contributed by atoms with van der Waals surface area (Å²) in [6.45, 7) is 3.95. The number of hydrogen-bond donors (Lipinski definition) is 2. The smallest absolute Gasteiger partial charge is 0.308 e. The lowest BCUT2D eigenvalue weighted by Gasteiger charge is -2.08. The van der Waals surface area contributed by atoms with Crippen LogP contribution in [-0.2, 0) is 0 Å². The second kappa shape index (κ2) is 5.65. The van der Waals surface area contributed by atoms with E-state index in [-0.39, 0.29) is 5.95 Å². The van der Waals surface area contributed by atoms with Crippen molar-refractivity contribution in [3.05, 3.63) is 52.7 Å². The first-order valence-electron chi connectivity index (χ1n) is 6.69. The van der Waals surface area contributed by atoms with E-state index in [4.69, 9.17) is 11.6 Å². The van der Waals surface area contributed by atoms with Gasteiger partial charge in [0.2, 0.25) is 5.95 Å². The molecule has 3 aromatic rings. The third-order valence-corrected chi connectivity index (χ3v) is 3.38. The van der Waals surface area contributed by atoms with Crippen LogP contribution in [0.15, 0.2) is 36.4 Å². The lowest BCUT2D eigenvalue weighted by Crippen LogP contribution is -2.21. The monoisotopic (exact) mass is 315 g/mol. The summed E-state index contributed by atoms with van der Waals surface area (Å²) in [6, 6.07) is 10.6. The van der Waals surface area contributed by atoms with Crippen LogP contribution < -0.4 is 10.6 Å². The number of nitrogens with zero attached hydrogens (tertiary/aromatic N) is 3. The highest BCUT2D eigenvalue weighted by Crippen LogP contribution is 2.17.